The number of ether oxygens (including phenoxy) is 1. The molecule has 3 N–H and O–H groups in total. The molecule has 4 rings (SSSR count). The van der Waals surface area contributed by atoms with Gasteiger partial charge in [-0.1, -0.05) is 18.2 Å². The molecule has 2 aromatic carbocycles. The Balaban J connectivity index is 1.37. The molecule has 32 heavy (non-hydrogen) atoms. The molecule has 1 atom stereocenters. The fraction of sp³-hybridized carbons (Fsp3) is 0.333. The van der Waals surface area contributed by atoms with Crippen molar-refractivity contribution in [2.24, 2.45) is 0 Å². The molecule has 0 aliphatic carbocycles. The Morgan fingerprint density at radius 1 is 1.25 bits per heavy atom. The maximum absolute atomic E-state index is 14.7. The Morgan fingerprint density at radius 3 is 2.78 bits per heavy atom. The standard InChI is InChI=1S/C24H27FN4O3/c1-24(2,3)32-23(31)29-11-10-16(14-29)27-21-9-8-15(12-19(21)25)26-13-18-17-6-4-5-7-20(17)28-22(18)30/h4-9,12-13,16,26-27H,10-11,14H2,1-3H3,(H,28,30). The van der Waals surface area contributed by atoms with Crippen LogP contribution >= 0.6 is 0 Å². The van der Waals surface area contributed by atoms with Gasteiger partial charge in [-0.05, 0) is 51.5 Å². The summed E-state index contributed by atoms with van der Waals surface area (Å²) in [6.45, 7) is 6.50. The van der Waals surface area contributed by atoms with E-state index in [1.165, 1.54) is 6.07 Å². The van der Waals surface area contributed by atoms with Crippen molar-refractivity contribution in [3.05, 3.63) is 60.0 Å². The van der Waals surface area contributed by atoms with Crippen LogP contribution in [0, 0.1) is 5.82 Å². The lowest BCUT2D eigenvalue weighted by molar-refractivity contribution is -0.110. The van der Waals surface area contributed by atoms with Gasteiger partial charge in [-0.3, -0.25) is 4.79 Å². The molecule has 1 unspecified atom stereocenters. The minimum atomic E-state index is -0.548. The molecule has 2 aliphatic heterocycles. The topological polar surface area (TPSA) is 82.7 Å². The molecule has 1 saturated heterocycles. The zero-order chi connectivity index (χ0) is 22.9. The van der Waals surface area contributed by atoms with Gasteiger partial charge in [0.25, 0.3) is 5.91 Å². The SMILES string of the molecule is CC(C)(C)OC(=O)N1CCC(Nc2ccc(NC=C3C(=O)Nc4ccccc43)cc2F)C1. The highest BCUT2D eigenvalue weighted by molar-refractivity contribution is 6.31. The normalized spacial score (nSPS) is 19.0. The van der Waals surface area contributed by atoms with Gasteiger partial charge in [0.15, 0.2) is 0 Å². The second-order valence-electron chi connectivity index (χ2n) is 8.95. The first-order chi connectivity index (χ1) is 15.2. The summed E-state index contributed by atoms with van der Waals surface area (Å²) in [6, 6.07) is 12.1. The molecule has 7 nitrogen and oxygen atoms in total. The number of carbonyl (C=O) groups is 2. The number of fused-ring (bicyclic) bond motifs is 1. The number of halogens is 1. The van der Waals surface area contributed by atoms with E-state index in [0.717, 1.165) is 11.3 Å². The zero-order valence-electron chi connectivity index (χ0n) is 18.4. The maximum Gasteiger partial charge on any atom is 0.410 e. The fourth-order valence-corrected chi connectivity index (χ4v) is 3.75. The number of hydrogen-bond acceptors (Lipinski definition) is 5. The Morgan fingerprint density at radius 2 is 2.03 bits per heavy atom. The summed E-state index contributed by atoms with van der Waals surface area (Å²) in [5, 5.41) is 8.97. The van der Waals surface area contributed by atoms with E-state index in [1.54, 1.807) is 23.2 Å². The number of likely N-dealkylation sites (tertiary alicyclic amines) is 1. The van der Waals surface area contributed by atoms with Gasteiger partial charge in [0.2, 0.25) is 0 Å². The highest BCUT2D eigenvalue weighted by Crippen LogP contribution is 2.31. The minimum absolute atomic E-state index is 0.0587. The van der Waals surface area contributed by atoms with Crippen LogP contribution in [0.5, 0.6) is 0 Å². The van der Waals surface area contributed by atoms with E-state index >= 15 is 0 Å². The molecule has 0 spiro atoms. The van der Waals surface area contributed by atoms with E-state index in [2.05, 4.69) is 16.0 Å². The van der Waals surface area contributed by atoms with Gasteiger partial charge in [0.1, 0.15) is 11.4 Å². The molecule has 2 amide bonds. The largest absolute Gasteiger partial charge is 0.444 e. The van der Waals surface area contributed by atoms with Crippen molar-refractivity contribution < 1.29 is 18.7 Å². The molecule has 0 aromatic heterocycles. The predicted octanol–water partition coefficient (Wildman–Crippen LogP) is 4.65. The summed E-state index contributed by atoms with van der Waals surface area (Å²) < 4.78 is 20.1. The van der Waals surface area contributed by atoms with Crippen LogP contribution < -0.4 is 16.0 Å². The van der Waals surface area contributed by atoms with Crippen molar-refractivity contribution in [2.45, 2.75) is 38.8 Å². The number of benzene rings is 2. The first-order valence-corrected chi connectivity index (χ1v) is 10.6. The van der Waals surface area contributed by atoms with Crippen molar-refractivity contribution >= 4 is 34.6 Å². The molecule has 2 aliphatic rings. The smallest absolute Gasteiger partial charge is 0.410 e. The van der Waals surface area contributed by atoms with E-state index in [-0.39, 0.29) is 18.0 Å². The Bertz CT molecular complexity index is 1080. The van der Waals surface area contributed by atoms with Crippen molar-refractivity contribution in [2.75, 3.05) is 29.0 Å². The number of nitrogens with zero attached hydrogens (tertiary/aromatic N) is 1. The summed E-state index contributed by atoms with van der Waals surface area (Å²) in [7, 11) is 0. The van der Waals surface area contributed by atoms with Gasteiger partial charge in [-0.15, -0.1) is 0 Å². The quantitative estimate of drug-likeness (QED) is 0.605. The number of nitrogens with one attached hydrogen (secondary N) is 3. The molecule has 0 radical (unpaired) electrons. The number of carbonyl (C=O) groups excluding carboxylic acids is 2. The zero-order valence-corrected chi connectivity index (χ0v) is 18.4. The van der Waals surface area contributed by atoms with Crippen LogP contribution in [0.3, 0.4) is 0 Å². The third-order valence-electron chi connectivity index (χ3n) is 5.26. The van der Waals surface area contributed by atoms with Crippen LogP contribution in [0.15, 0.2) is 48.7 Å². The van der Waals surface area contributed by atoms with Crippen LogP contribution in [0.1, 0.15) is 32.8 Å². The summed E-state index contributed by atoms with van der Waals surface area (Å²) in [4.78, 5) is 26.0. The number of para-hydroxylation sites is 1. The number of rotatable bonds is 4. The Hall–Kier alpha value is -3.55. The average molecular weight is 439 g/mol. The van der Waals surface area contributed by atoms with E-state index in [1.807, 2.05) is 45.0 Å². The molecule has 2 heterocycles. The highest BCUT2D eigenvalue weighted by atomic mass is 19.1. The van der Waals surface area contributed by atoms with Gasteiger partial charge in [-0.2, -0.15) is 0 Å². The van der Waals surface area contributed by atoms with Crippen molar-refractivity contribution in [3.63, 3.8) is 0 Å². The summed E-state index contributed by atoms with van der Waals surface area (Å²) in [5.74, 6) is -0.617. The molecular formula is C24H27FN4O3. The van der Waals surface area contributed by atoms with Crippen LogP contribution in [-0.4, -0.2) is 41.6 Å². The molecule has 0 bridgehead atoms. The summed E-state index contributed by atoms with van der Waals surface area (Å²) in [5.41, 5.74) is 2.40. The van der Waals surface area contributed by atoms with Crippen molar-refractivity contribution in [1.82, 2.24) is 4.90 Å². The van der Waals surface area contributed by atoms with E-state index < -0.39 is 11.4 Å². The first kappa shape index (κ1) is 21.7. The second kappa shape index (κ2) is 8.53. The first-order valence-electron chi connectivity index (χ1n) is 10.6. The predicted molar refractivity (Wildman–Crippen MR) is 123 cm³/mol. The molecule has 0 saturated carbocycles. The van der Waals surface area contributed by atoms with Gasteiger partial charge < -0.3 is 25.6 Å². The Kier molecular flexibility index (Phi) is 5.78. The number of hydrogen-bond donors (Lipinski definition) is 3. The van der Waals surface area contributed by atoms with Gasteiger partial charge in [-0.25, -0.2) is 9.18 Å². The third-order valence-corrected chi connectivity index (χ3v) is 5.26. The molecule has 1 fully saturated rings. The second-order valence-corrected chi connectivity index (χ2v) is 8.95. The lowest BCUT2D eigenvalue weighted by Crippen LogP contribution is -2.36. The number of amides is 2. The lowest BCUT2D eigenvalue weighted by atomic mass is 10.1. The Labute approximate surface area is 186 Å². The van der Waals surface area contributed by atoms with Crippen molar-refractivity contribution in [1.29, 1.82) is 0 Å². The fourth-order valence-electron chi connectivity index (χ4n) is 3.75. The van der Waals surface area contributed by atoms with Crippen LogP contribution in [-0.2, 0) is 9.53 Å². The van der Waals surface area contributed by atoms with Gasteiger partial charge >= 0.3 is 6.09 Å². The van der Waals surface area contributed by atoms with E-state index in [0.29, 0.717) is 36.5 Å². The van der Waals surface area contributed by atoms with Crippen LogP contribution in [0.25, 0.3) is 5.57 Å². The monoisotopic (exact) mass is 438 g/mol. The summed E-state index contributed by atoms with van der Waals surface area (Å²) >= 11 is 0. The maximum atomic E-state index is 14.7. The van der Waals surface area contributed by atoms with E-state index in [9.17, 15) is 14.0 Å². The van der Waals surface area contributed by atoms with E-state index in [4.69, 9.17) is 4.74 Å². The minimum Gasteiger partial charge on any atom is -0.444 e. The lowest BCUT2D eigenvalue weighted by Gasteiger charge is -2.24. The van der Waals surface area contributed by atoms with Crippen molar-refractivity contribution in [3.8, 4) is 0 Å². The molecule has 168 valence electrons. The summed E-state index contributed by atoms with van der Waals surface area (Å²) in [6.07, 6.45) is 1.94. The highest BCUT2D eigenvalue weighted by Gasteiger charge is 2.30. The molecular weight excluding hydrogens is 411 g/mol. The van der Waals surface area contributed by atoms with Gasteiger partial charge in [0, 0.05) is 42.3 Å². The molecule has 2 aromatic rings. The number of anilines is 3. The third kappa shape index (κ3) is 4.85. The molecule has 8 heteroatoms. The van der Waals surface area contributed by atoms with Gasteiger partial charge in [0.05, 0.1) is 11.3 Å². The van der Waals surface area contributed by atoms with Crippen LogP contribution in [0.4, 0.5) is 26.2 Å². The van der Waals surface area contributed by atoms with Crippen LogP contribution in [0.2, 0.25) is 0 Å². The average Bonchev–Trinajstić information content (AvgIpc) is 3.31.